The minimum Gasteiger partial charge on any atom is -0.494 e. The van der Waals surface area contributed by atoms with Gasteiger partial charge in [-0.15, -0.1) is 0 Å². The molecule has 0 aliphatic heterocycles. The Balaban J connectivity index is 1.84. The second-order valence-corrected chi connectivity index (χ2v) is 5.55. The van der Waals surface area contributed by atoms with Crippen LogP contribution in [0.25, 0.3) is 0 Å². The molecule has 0 bridgehead atoms. The van der Waals surface area contributed by atoms with Gasteiger partial charge in [-0.1, -0.05) is 6.92 Å². The predicted molar refractivity (Wildman–Crippen MR) is 76.7 cm³/mol. The zero-order chi connectivity index (χ0) is 13.8. The van der Waals surface area contributed by atoms with Gasteiger partial charge < -0.3 is 4.74 Å². The van der Waals surface area contributed by atoms with Crippen molar-refractivity contribution in [2.45, 2.75) is 20.3 Å². The minimum atomic E-state index is 0.179. The maximum atomic E-state index is 12.1. The molecule has 0 radical (unpaired) electrons. The largest absolute Gasteiger partial charge is 0.494 e. The molecule has 0 saturated heterocycles. The standard InChI is InChI=1S/C16H23NO2/c1-4-19-15-7-5-13(6-8-15)16(18)11-17(3)10-14-9-12(14)2/h5-8,12,14H,4,9-11H2,1-3H3. The van der Waals surface area contributed by atoms with E-state index >= 15 is 0 Å². The van der Waals surface area contributed by atoms with Crippen LogP contribution in [0.15, 0.2) is 24.3 Å². The highest BCUT2D eigenvalue weighted by Gasteiger charge is 2.33. The molecule has 3 nitrogen and oxygen atoms in total. The maximum absolute atomic E-state index is 12.1. The second kappa shape index (κ2) is 6.20. The van der Waals surface area contributed by atoms with Gasteiger partial charge in [0, 0.05) is 12.1 Å². The number of ether oxygens (including phenoxy) is 1. The van der Waals surface area contributed by atoms with Crippen LogP contribution in [0.2, 0.25) is 0 Å². The van der Waals surface area contributed by atoms with Gasteiger partial charge in [0.2, 0.25) is 0 Å². The Morgan fingerprint density at radius 1 is 1.37 bits per heavy atom. The molecule has 1 saturated carbocycles. The first-order chi connectivity index (χ1) is 9.10. The van der Waals surface area contributed by atoms with Crippen molar-refractivity contribution in [1.82, 2.24) is 4.90 Å². The van der Waals surface area contributed by atoms with E-state index in [0.29, 0.717) is 13.2 Å². The van der Waals surface area contributed by atoms with Crippen molar-refractivity contribution >= 4 is 5.78 Å². The summed E-state index contributed by atoms with van der Waals surface area (Å²) >= 11 is 0. The van der Waals surface area contributed by atoms with E-state index < -0.39 is 0 Å². The third-order valence-electron chi connectivity index (χ3n) is 3.72. The highest BCUT2D eigenvalue weighted by molar-refractivity contribution is 5.97. The van der Waals surface area contributed by atoms with Crippen molar-refractivity contribution in [3.05, 3.63) is 29.8 Å². The number of hydrogen-bond acceptors (Lipinski definition) is 3. The van der Waals surface area contributed by atoms with Crippen LogP contribution >= 0.6 is 0 Å². The van der Waals surface area contributed by atoms with Gasteiger partial charge >= 0.3 is 0 Å². The summed E-state index contributed by atoms with van der Waals surface area (Å²) in [6.45, 7) is 6.40. The van der Waals surface area contributed by atoms with E-state index in [4.69, 9.17) is 4.74 Å². The highest BCUT2D eigenvalue weighted by Crippen LogP contribution is 2.37. The molecule has 0 N–H and O–H groups in total. The fraction of sp³-hybridized carbons (Fsp3) is 0.562. The fourth-order valence-electron chi connectivity index (χ4n) is 2.36. The van der Waals surface area contributed by atoms with Crippen molar-refractivity contribution in [3.63, 3.8) is 0 Å². The van der Waals surface area contributed by atoms with Crippen molar-refractivity contribution in [2.75, 3.05) is 26.7 Å². The number of carbonyl (C=O) groups is 1. The lowest BCUT2D eigenvalue weighted by molar-refractivity contribution is 0.0943. The summed E-state index contributed by atoms with van der Waals surface area (Å²) in [7, 11) is 2.03. The summed E-state index contributed by atoms with van der Waals surface area (Å²) in [6, 6.07) is 7.42. The van der Waals surface area contributed by atoms with Crippen LogP contribution < -0.4 is 4.74 Å². The van der Waals surface area contributed by atoms with Crippen LogP contribution in [-0.2, 0) is 0 Å². The molecular formula is C16H23NO2. The Hall–Kier alpha value is -1.35. The molecule has 3 heteroatoms. The second-order valence-electron chi connectivity index (χ2n) is 5.55. The first-order valence-electron chi connectivity index (χ1n) is 7.04. The van der Waals surface area contributed by atoms with E-state index in [-0.39, 0.29) is 5.78 Å². The van der Waals surface area contributed by atoms with Crippen LogP contribution in [0.4, 0.5) is 0 Å². The Bertz CT molecular complexity index is 427. The molecule has 1 fully saturated rings. The molecule has 0 aromatic heterocycles. The van der Waals surface area contributed by atoms with Crippen LogP contribution in [0.1, 0.15) is 30.6 Å². The third kappa shape index (κ3) is 4.06. The molecule has 0 heterocycles. The average molecular weight is 261 g/mol. The van der Waals surface area contributed by atoms with Crippen LogP contribution in [0.3, 0.4) is 0 Å². The van der Waals surface area contributed by atoms with Crippen molar-refractivity contribution in [3.8, 4) is 5.75 Å². The number of carbonyl (C=O) groups excluding carboxylic acids is 1. The van der Waals surface area contributed by atoms with Gasteiger partial charge in [0.1, 0.15) is 5.75 Å². The lowest BCUT2D eigenvalue weighted by Gasteiger charge is -2.15. The van der Waals surface area contributed by atoms with Crippen molar-refractivity contribution in [2.24, 2.45) is 11.8 Å². The Labute approximate surface area is 115 Å². The molecule has 19 heavy (non-hydrogen) atoms. The lowest BCUT2D eigenvalue weighted by atomic mass is 10.1. The van der Waals surface area contributed by atoms with E-state index in [0.717, 1.165) is 29.7 Å². The van der Waals surface area contributed by atoms with Crippen molar-refractivity contribution < 1.29 is 9.53 Å². The predicted octanol–water partition coefficient (Wildman–Crippen LogP) is 2.86. The monoisotopic (exact) mass is 261 g/mol. The van der Waals surface area contributed by atoms with Gasteiger partial charge in [0.05, 0.1) is 13.2 Å². The zero-order valence-electron chi connectivity index (χ0n) is 12.1. The molecule has 2 atom stereocenters. The summed E-state index contributed by atoms with van der Waals surface area (Å²) < 4.78 is 5.37. The number of ketones is 1. The number of likely N-dealkylation sites (N-methyl/N-ethyl adjacent to an activating group) is 1. The number of rotatable bonds is 7. The topological polar surface area (TPSA) is 29.5 Å². The highest BCUT2D eigenvalue weighted by atomic mass is 16.5. The van der Waals surface area contributed by atoms with Gasteiger partial charge in [0.15, 0.2) is 5.78 Å². The van der Waals surface area contributed by atoms with Crippen LogP contribution in [-0.4, -0.2) is 37.4 Å². The molecule has 1 aromatic carbocycles. The molecular weight excluding hydrogens is 238 g/mol. The van der Waals surface area contributed by atoms with Crippen LogP contribution in [0, 0.1) is 11.8 Å². The van der Waals surface area contributed by atoms with Gasteiger partial charge in [0.25, 0.3) is 0 Å². The average Bonchev–Trinajstić information content (AvgIpc) is 3.05. The SMILES string of the molecule is CCOc1ccc(C(=O)CN(C)CC2CC2C)cc1. The molecule has 0 amide bonds. The van der Waals surface area contributed by atoms with Gasteiger partial charge in [-0.25, -0.2) is 0 Å². The van der Waals surface area contributed by atoms with E-state index in [2.05, 4.69) is 11.8 Å². The summed E-state index contributed by atoms with van der Waals surface area (Å²) in [4.78, 5) is 14.3. The van der Waals surface area contributed by atoms with E-state index in [9.17, 15) is 4.79 Å². The van der Waals surface area contributed by atoms with Gasteiger partial charge in [-0.3, -0.25) is 9.69 Å². The summed E-state index contributed by atoms with van der Waals surface area (Å²) in [5.41, 5.74) is 0.763. The van der Waals surface area contributed by atoms with E-state index in [1.54, 1.807) is 0 Å². The first kappa shape index (κ1) is 14.1. The van der Waals surface area contributed by atoms with E-state index in [1.165, 1.54) is 6.42 Å². The van der Waals surface area contributed by atoms with Crippen molar-refractivity contribution in [1.29, 1.82) is 0 Å². The molecule has 2 rings (SSSR count). The number of nitrogens with zero attached hydrogens (tertiary/aromatic N) is 1. The summed E-state index contributed by atoms with van der Waals surface area (Å²) in [5, 5.41) is 0. The first-order valence-corrected chi connectivity index (χ1v) is 7.04. The minimum absolute atomic E-state index is 0.179. The molecule has 1 aromatic rings. The summed E-state index contributed by atoms with van der Waals surface area (Å²) in [6.07, 6.45) is 1.31. The Kier molecular flexibility index (Phi) is 4.59. The lowest BCUT2D eigenvalue weighted by Crippen LogP contribution is -2.28. The molecule has 104 valence electrons. The number of benzene rings is 1. The van der Waals surface area contributed by atoms with E-state index in [1.807, 2.05) is 38.2 Å². The van der Waals surface area contributed by atoms with Gasteiger partial charge in [-0.2, -0.15) is 0 Å². The molecule has 1 aliphatic carbocycles. The fourth-order valence-corrected chi connectivity index (χ4v) is 2.36. The zero-order valence-corrected chi connectivity index (χ0v) is 12.1. The Morgan fingerprint density at radius 2 is 2.00 bits per heavy atom. The number of Topliss-reactive ketones (excluding diaryl/α,β-unsaturated/α-hetero) is 1. The number of hydrogen-bond donors (Lipinski definition) is 0. The molecule has 0 spiro atoms. The normalized spacial score (nSPS) is 21.5. The maximum Gasteiger partial charge on any atom is 0.176 e. The Morgan fingerprint density at radius 3 is 2.53 bits per heavy atom. The molecule has 2 unspecified atom stereocenters. The van der Waals surface area contributed by atoms with Gasteiger partial charge in [-0.05, 0) is 56.5 Å². The molecule has 1 aliphatic rings. The third-order valence-corrected chi connectivity index (χ3v) is 3.72. The quantitative estimate of drug-likeness (QED) is 0.707. The summed E-state index contributed by atoms with van der Waals surface area (Å²) in [5.74, 6) is 2.62. The van der Waals surface area contributed by atoms with Crippen LogP contribution in [0.5, 0.6) is 5.75 Å². The smallest absolute Gasteiger partial charge is 0.176 e.